The maximum absolute atomic E-state index is 11.9. The highest BCUT2D eigenvalue weighted by Gasteiger charge is 2.37. The molecular formula is C51H56N6O2S. The number of benzene rings is 4. The topological polar surface area (TPSA) is 90.0 Å². The fraction of sp³-hybridized carbons (Fsp3) is 0.392. The second-order valence-electron chi connectivity index (χ2n) is 17.9. The Morgan fingerprint density at radius 1 is 0.783 bits per heavy atom. The fourth-order valence-corrected chi connectivity index (χ4v) is 12.0. The predicted octanol–water partition coefficient (Wildman–Crippen LogP) is 9.94. The Morgan fingerprint density at radius 2 is 1.50 bits per heavy atom. The average molecular weight is 817 g/mol. The van der Waals surface area contributed by atoms with Crippen molar-refractivity contribution < 1.29 is 10.2 Å². The van der Waals surface area contributed by atoms with E-state index in [0.29, 0.717) is 17.6 Å². The first-order valence-electron chi connectivity index (χ1n) is 22.0. The molecule has 3 atom stereocenters. The molecule has 4 aromatic carbocycles. The van der Waals surface area contributed by atoms with Crippen molar-refractivity contribution in [3.05, 3.63) is 158 Å². The third kappa shape index (κ3) is 7.18. The summed E-state index contributed by atoms with van der Waals surface area (Å²) in [6.45, 7) is 13.0. The third-order valence-corrected chi connectivity index (χ3v) is 15.4. The number of nitrogens with zero attached hydrogens (tertiary/aromatic N) is 6. The number of aromatic hydroxyl groups is 1. The minimum absolute atomic E-state index is 0.0877. The molecule has 2 N–H and O–H groups in total. The van der Waals surface area contributed by atoms with E-state index in [1.54, 1.807) is 11.3 Å². The number of thiophene rings is 1. The van der Waals surface area contributed by atoms with Gasteiger partial charge in [0.05, 0.1) is 11.3 Å². The summed E-state index contributed by atoms with van der Waals surface area (Å²) < 4.78 is 2.20. The number of hydrogen-bond acceptors (Lipinski definition) is 8. The number of phenolic OH excluding ortho intramolecular Hbond substituents is 1. The number of phenols is 1. The van der Waals surface area contributed by atoms with E-state index >= 15 is 0 Å². The second-order valence-corrected chi connectivity index (χ2v) is 19.2. The Labute approximate surface area is 358 Å². The molecule has 5 heterocycles. The van der Waals surface area contributed by atoms with Gasteiger partial charge in [-0.05, 0) is 149 Å². The van der Waals surface area contributed by atoms with E-state index in [2.05, 4.69) is 130 Å². The van der Waals surface area contributed by atoms with Gasteiger partial charge in [-0.25, -0.2) is 0 Å². The molecule has 0 spiro atoms. The summed E-state index contributed by atoms with van der Waals surface area (Å²) in [4.78, 5) is 11.5. The molecule has 60 heavy (non-hydrogen) atoms. The third-order valence-electron chi connectivity index (χ3n) is 14.2. The highest BCUT2D eigenvalue weighted by atomic mass is 32.1. The fourth-order valence-electron chi connectivity index (χ4n) is 10.7. The standard InChI is InChI=1S/C51H56N6O2S/c1-32-34(3)60-50-46(32)48(52-33(2)49-54-53-35(4)57(49)50)40-12-10-36(11-13-40)37-22-26-55(27-23-37)31-51(59)24-28-56(29-25-51)42-17-14-39(15-18-42)47-44(38-8-6-5-7-9-38)20-16-41-30-43(58)19-21-45(41)47/h5-15,17-19,21,30,33,37,44,47,58-59H,16,20,22-29,31H2,1-4H3/t33-,44+,47-/m0/s1. The summed E-state index contributed by atoms with van der Waals surface area (Å²) in [5.41, 5.74) is 11.9. The van der Waals surface area contributed by atoms with Gasteiger partial charge in [-0.1, -0.05) is 72.8 Å². The van der Waals surface area contributed by atoms with Crippen molar-refractivity contribution in [3.63, 3.8) is 0 Å². The monoisotopic (exact) mass is 816 g/mol. The minimum atomic E-state index is -0.663. The molecule has 0 unspecified atom stereocenters. The SMILES string of the molecule is Cc1sc2c(c1C)C(c1ccc(C3CCN(CC4(O)CCN(c5ccc([C@@H]6c7ccc(O)cc7CC[C@@H]6c6ccccc6)cc5)CC4)CC3)cc1)=N[C@@H](C)c1nnc(C)n1-2. The lowest BCUT2D eigenvalue weighted by Gasteiger charge is -2.43. The number of aryl methyl sites for hydroxylation is 3. The van der Waals surface area contributed by atoms with Crippen LogP contribution in [0.3, 0.4) is 0 Å². The highest BCUT2D eigenvalue weighted by molar-refractivity contribution is 7.15. The number of piperidine rings is 2. The zero-order valence-corrected chi connectivity index (χ0v) is 36.1. The lowest BCUT2D eigenvalue weighted by molar-refractivity contribution is -0.0213. The lowest BCUT2D eigenvalue weighted by Crippen LogP contribution is -2.52. The van der Waals surface area contributed by atoms with Crippen molar-refractivity contribution in [2.45, 2.75) is 95.6 Å². The molecule has 3 aliphatic heterocycles. The van der Waals surface area contributed by atoms with E-state index in [0.717, 1.165) is 94.2 Å². The number of fused-ring (bicyclic) bond motifs is 4. The molecule has 2 aromatic heterocycles. The zero-order valence-electron chi connectivity index (χ0n) is 35.3. The van der Waals surface area contributed by atoms with Gasteiger partial charge in [0.25, 0.3) is 0 Å². The smallest absolute Gasteiger partial charge is 0.162 e. The second kappa shape index (κ2) is 15.7. The van der Waals surface area contributed by atoms with E-state index in [4.69, 9.17) is 4.99 Å². The van der Waals surface area contributed by atoms with Crippen LogP contribution in [-0.4, -0.2) is 73.9 Å². The molecule has 2 saturated heterocycles. The zero-order chi connectivity index (χ0) is 41.1. The van der Waals surface area contributed by atoms with Crippen LogP contribution in [0.2, 0.25) is 0 Å². The first-order valence-corrected chi connectivity index (χ1v) is 22.8. The van der Waals surface area contributed by atoms with Crippen LogP contribution in [0.15, 0.2) is 102 Å². The van der Waals surface area contributed by atoms with Crippen LogP contribution in [0.1, 0.15) is 124 Å². The van der Waals surface area contributed by atoms with Gasteiger partial charge >= 0.3 is 0 Å². The molecule has 308 valence electrons. The van der Waals surface area contributed by atoms with Crippen LogP contribution in [0.25, 0.3) is 5.00 Å². The van der Waals surface area contributed by atoms with Gasteiger partial charge in [0.1, 0.15) is 22.6 Å². The number of anilines is 1. The van der Waals surface area contributed by atoms with E-state index in [9.17, 15) is 10.2 Å². The van der Waals surface area contributed by atoms with Gasteiger partial charge in [0.15, 0.2) is 5.82 Å². The summed E-state index contributed by atoms with van der Waals surface area (Å²) in [6.07, 6.45) is 5.78. The van der Waals surface area contributed by atoms with Crippen molar-refractivity contribution in [2.24, 2.45) is 4.99 Å². The molecule has 8 nitrogen and oxygen atoms in total. The summed E-state index contributed by atoms with van der Waals surface area (Å²) in [7, 11) is 0. The van der Waals surface area contributed by atoms with Crippen molar-refractivity contribution in [1.29, 1.82) is 0 Å². The Balaban J connectivity index is 0.760. The molecule has 9 heteroatoms. The first-order chi connectivity index (χ1) is 29.1. The summed E-state index contributed by atoms with van der Waals surface area (Å²) in [6, 6.07) is 35.2. The van der Waals surface area contributed by atoms with E-state index in [1.807, 2.05) is 19.1 Å². The summed E-state index contributed by atoms with van der Waals surface area (Å²) >= 11 is 1.80. The Hall–Kier alpha value is -5.09. The van der Waals surface area contributed by atoms with E-state index < -0.39 is 5.60 Å². The number of likely N-dealkylation sites (tertiary alicyclic amines) is 1. The van der Waals surface area contributed by atoms with Crippen molar-refractivity contribution in [1.82, 2.24) is 19.7 Å². The Bertz CT molecular complexity index is 2530. The van der Waals surface area contributed by atoms with Crippen LogP contribution in [0.4, 0.5) is 5.69 Å². The molecule has 1 aliphatic carbocycles. The molecule has 0 amide bonds. The Kier molecular flexibility index (Phi) is 10.3. The summed E-state index contributed by atoms with van der Waals surface area (Å²) in [5, 5.41) is 32.2. The number of β-amino-alcohol motifs (C(OH)–C–C–N with tert-alkyl or cyclic N) is 1. The maximum atomic E-state index is 11.9. The van der Waals surface area contributed by atoms with Crippen molar-refractivity contribution in [2.75, 3.05) is 37.6 Å². The van der Waals surface area contributed by atoms with E-state index in [1.165, 1.54) is 54.5 Å². The van der Waals surface area contributed by atoms with Gasteiger partial charge < -0.3 is 20.0 Å². The Morgan fingerprint density at radius 3 is 2.23 bits per heavy atom. The molecule has 6 aromatic rings. The predicted molar refractivity (Wildman–Crippen MR) is 243 cm³/mol. The normalized spacial score (nSPS) is 21.8. The molecule has 10 rings (SSSR count). The van der Waals surface area contributed by atoms with Gasteiger partial charge in [-0.15, -0.1) is 21.5 Å². The van der Waals surface area contributed by atoms with Crippen molar-refractivity contribution >= 4 is 22.7 Å². The van der Waals surface area contributed by atoms with Crippen LogP contribution < -0.4 is 4.90 Å². The number of rotatable bonds is 7. The highest BCUT2D eigenvalue weighted by Crippen LogP contribution is 2.47. The quantitative estimate of drug-likeness (QED) is 0.167. The van der Waals surface area contributed by atoms with Gasteiger partial charge in [0, 0.05) is 47.2 Å². The maximum Gasteiger partial charge on any atom is 0.162 e. The molecular weight excluding hydrogens is 761 g/mol. The molecule has 0 bridgehead atoms. The number of aromatic nitrogens is 3. The van der Waals surface area contributed by atoms with Crippen LogP contribution >= 0.6 is 11.3 Å². The minimum Gasteiger partial charge on any atom is -0.508 e. The largest absolute Gasteiger partial charge is 0.508 e. The molecule has 4 aliphatic rings. The van der Waals surface area contributed by atoms with Crippen LogP contribution in [-0.2, 0) is 6.42 Å². The first kappa shape index (κ1) is 39.1. The van der Waals surface area contributed by atoms with E-state index in [-0.39, 0.29) is 12.0 Å². The van der Waals surface area contributed by atoms with Gasteiger partial charge in [-0.2, -0.15) is 0 Å². The van der Waals surface area contributed by atoms with Crippen LogP contribution in [0.5, 0.6) is 5.75 Å². The van der Waals surface area contributed by atoms with Crippen LogP contribution in [0, 0.1) is 20.8 Å². The number of aliphatic hydroxyl groups is 1. The van der Waals surface area contributed by atoms with Gasteiger partial charge in [0.2, 0.25) is 0 Å². The average Bonchev–Trinajstić information content (AvgIpc) is 3.76. The number of hydrogen-bond donors (Lipinski definition) is 2. The molecule has 0 saturated carbocycles. The molecule has 2 fully saturated rings. The lowest BCUT2D eigenvalue weighted by atomic mass is 9.69. The van der Waals surface area contributed by atoms with Gasteiger partial charge in [-0.3, -0.25) is 9.56 Å². The molecule has 0 radical (unpaired) electrons. The van der Waals surface area contributed by atoms with Crippen molar-refractivity contribution in [3.8, 4) is 10.8 Å². The number of aliphatic imine (C=N–C) groups is 1. The summed E-state index contributed by atoms with van der Waals surface area (Å²) in [5.74, 6) is 3.29.